The maximum atomic E-state index is 12.2. The van der Waals surface area contributed by atoms with Crippen LogP contribution in [0.4, 0.5) is 0 Å². The molecule has 0 bridgehead atoms. The van der Waals surface area contributed by atoms with Gasteiger partial charge in [-0.05, 0) is 25.5 Å². The van der Waals surface area contributed by atoms with E-state index in [9.17, 15) is 9.59 Å². The number of ether oxygens (including phenoxy) is 1. The van der Waals surface area contributed by atoms with Gasteiger partial charge in [0.1, 0.15) is 11.9 Å². The van der Waals surface area contributed by atoms with Crippen LogP contribution in [0, 0.1) is 0 Å². The zero-order chi connectivity index (χ0) is 14.8. The highest BCUT2D eigenvalue weighted by Gasteiger charge is 2.31. The van der Waals surface area contributed by atoms with Crippen molar-refractivity contribution in [3.63, 3.8) is 0 Å². The van der Waals surface area contributed by atoms with Crippen LogP contribution in [0.25, 0.3) is 0 Å². The summed E-state index contributed by atoms with van der Waals surface area (Å²) in [6, 6.07) is 8.48. The zero-order valence-electron chi connectivity index (χ0n) is 11.8. The number of ketones is 1. The van der Waals surface area contributed by atoms with Crippen molar-refractivity contribution >= 4 is 17.5 Å². The lowest BCUT2D eigenvalue weighted by atomic mass is 9.92. The summed E-state index contributed by atoms with van der Waals surface area (Å²) >= 11 is 0. The first-order valence-corrected chi connectivity index (χ1v) is 6.95. The number of amides is 1. The van der Waals surface area contributed by atoms with E-state index in [1.54, 1.807) is 31.2 Å². The summed E-state index contributed by atoms with van der Waals surface area (Å²) in [5.74, 6) is 0.269. The topological polar surface area (TPSA) is 67.8 Å². The molecule has 0 saturated heterocycles. The van der Waals surface area contributed by atoms with Gasteiger partial charge in [0.05, 0.1) is 13.2 Å². The molecule has 0 aliphatic carbocycles. The summed E-state index contributed by atoms with van der Waals surface area (Å²) in [5.41, 5.74) is 2.02. The van der Waals surface area contributed by atoms with E-state index in [2.05, 4.69) is 10.3 Å². The van der Waals surface area contributed by atoms with Crippen LogP contribution in [0.15, 0.2) is 46.5 Å². The van der Waals surface area contributed by atoms with Gasteiger partial charge in [-0.15, -0.1) is 0 Å². The van der Waals surface area contributed by atoms with Gasteiger partial charge in [-0.2, -0.15) is 0 Å². The van der Waals surface area contributed by atoms with Gasteiger partial charge in [0.15, 0.2) is 5.78 Å². The van der Waals surface area contributed by atoms with Crippen molar-refractivity contribution in [1.82, 2.24) is 5.32 Å². The average Bonchev–Trinajstić information content (AvgIpc) is 2.53. The lowest BCUT2D eigenvalue weighted by Crippen LogP contribution is -2.41. The van der Waals surface area contributed by atoms with Crippen molar-refractivity contribution in [3.05, 3.63) is 47.0 Å². The summed E-state index contributed by atoms with van der Waals surface area (Å²) in [6.07, 6.45) is 0.582. The molecule has 1 amide bonds. The second-order valence-corrected chi connectivity index (χ2v) is 5.10. The highest BCUT2D eigenvalue weighted by molar-refractivity contribution is 6.19. The van der Waals surface area contributed by atoms with Crippen LogP contribution in [-0.2, 0) is 9.53 Å². The molecule has 1 N–H and O–H groups in total. The molecule has 0 aromatic heterocycles. The number of benzene rings is 1. The van der Waals surface area contributed by atoms with E-state index < -0.39 is 6.04 Å². The SMILES string of the molecule is CC1N=C(NC(=O)c2ccccc2)C2=C(CCOC2)C1=O. The molecule has 0 saturated carbocycles. The van der Waals surface area contributed by atoms with Gasteiger partial charge in [-0.1, -0.05) is 18.2 Å². The van der Waals surface area contributed by atoms with Gasteiger partial charge in [-0.3, -0.25) is 14.6 Å². The van der Waals surface area contributed by atoms with E-state index in [0.717, 1.165) is 5.57 Å². The van der Waals surface area contributed by atoms with E-state index >= 15 is 0 Å². The molecule has 0 spiro atoms. The summed E-state index contributed by atoms with van der Waals surface area (Å²) in [4.78, 5) is 28.7. The Morgan fingerprint density at radius 1 is 1.29 bits per heavy atom. The van der Waals surface area contributed by atoms with Crippen molar-refractivity contribution in [3.8, 4) is 0 Å². The molecule has 2 heterocycles. The lowest BCUT2D eigenvalue weighted by Gasteiger charge is -2.27. The molecule has 2 aliphatic heterocycles. The predicted molar refractivity (Wildman–Crippen MR) is 78.3 cm³/mol. The molecule has 1 atom stereocenters. The summed E-state index contributed by atoms with van der Waals surface area (Å²) < 4.78 is 5.40. The van der Waals surface area contributed by atoms with Gasteiger partial charge < -0.3 is 10.1 Å². The van der Waals surface area contributed by atoms with Crippen LogP contribution in [0.1, 0.15) is 23.7 Å². The Hall–Kier alpha value is -2.27. The van der Waals surface area contributed by atoms with Crippen molar-refractivity contribution in [2.45, 2.75) is 19.4 Å². The van der Waals surface area contributed by atoms with Crippen LogP contribution in [0.5, 0.6) is 0 Å². The van der Waals surface area contributed by atoms with Crippen LogP contribution in [0.2, 0.25) is 0 Å². The third kappa shape index (κ3) is 2.64. The minimum Gasteiger partial charge on any atom is -0.376 e. The van der Waals surface area contributed by atoms with Gasteiger partial charge in [0.25, 0.3) is 5.91 Å². The first-order valence-electron chi connectivity index (χ1n) is 6.95. The largest absolute Gasteiger partial charge is 0.376 e. The molecule has 108 valence electrons. The minimum absolute atomic E-state index is 0.0333. The van der Waals surface area contributed by atoms with E-state index in [0.29, 0.717) is 36.6 Å². The molecule has 21 heavy (non-hydrogen) atoms. The number of carbonyl (C=O) groups is 2. The minimum atomic E-state index is -0.451. The molecule has 1 aromatic rings. The van der Waals surface area contributed by atoms with E-state index in [1.807, 2.05) is 6.07 Å². The van der Waals surface area contributed by atoms with Crippen LogP contribution >= 0.6 is 0 Å². The molecule has 5 nitrogen and oxygen atoms in total. The number of nitrogens with zero attached hydrogens (tertiary/aromatic N) is 1. The Morgan fingerprint density at radius 2 is 2.05 bits per heavy atom. The van der Waals surface area contributed by atoms with E-state index in [1.165, 1.54) is 0 Å². The number of nitrogens with one attached hydrogen (secondary N) is 1. The molecule has 2 aliphatic rings. The molecule has 1 aromatic carbocycles. The number of Topliss-reactive ketones (excluding diaryl/α,β-unsaturated/α-hetero) is 1. The highest BCUT2D eigenvalue weighted by atomic mass is 16.5. The lowest BCUT2D eigenvalue weighted by molar-refractivity contribution is -0.117. The second kappa shape index (κ2) is 5.61. The van der Waals surface area contributed by atoms with Crippen molar-refractivity contribution in [2.75, 3.05) is 13.2 Å². The Morgan fingerprint density at radius 3 is 2.81 bits per heavy atom. The van der Waals surface area contributed by atoms with Crippen LogP contribution in [-0.4, -0.2) is 36.8 Å². The zero-order valence-corrected chi connectivity index (χ0v) is 11.8. The first kappa shape index (κ1) is 13.7. The number of aliphatic imine (C=N–C) groups is 1. The quantitative estimate of drug-likeness (QED) is 0.850. The average molecular weight is 284 g/mol. The summed E-state index contributed by atoms with van der Waals surface area (Å²) in [6.45, 7) is 2.61. The number of hydrogen-bond acceptors (Lipinski definition) is 4. The maximum Gasteiger partial charge on any atom is 0.256 e. The summed E-state index contributed by atoms with van der Waals surface area (Å²) in [7, 11) is 0. The predicted octanol–water partition coefficient (Wildman–Crippen LogP) is 1.50. The number of carbonyl (C=O) groups excluding carboxylic acids is 2. The summed E-state index contributed by atoms with van der Waals surface area (Å²) in [5, 5.41) is 2.81. The number of amidine groups is 1. The Bertz CT molecular complexity index is 647. The monoisotopic (exact) mass is 284 g/mol. The fourth-order valence-corrected chi connectivity index (χ4v) is 2.53. The van der Waals surface area contributed by atoms with Gasteiger partial charge in [0.2, 0.25) is 0 Å². The van der Waals surface area contributed by atoms with Gasteiger partial charge in [-0.25, -0.2) is 0 Å². The van der Waals surface area contributed by atoms with Crippen molar-refractivity contribution in [1.29, 1.82) is 0 Å². The van der Waals surface area contributed by atoms with Crippen LogP contribution < -0.4 is 5.32 Å². The third-order valence-corrected chi connectivity index (χ3v) is 3.66. The molecule has 3 rings (SSSR count). The van der Waals surface area contributed by atoms with Crippen molar-refractivity contribution in [2.24, 2.45) is 4.99 Å². The maximum absolute atomic E-state index is 12.2. The fraction of sp³-hybridized carbons (Fsp3) is 0.312. The van der Waals surface area contributed by atoms with E-state index in [-0.39, 0.29) is 11.7 Å². The molecule has 0 radical (unpaired) electrons. The molecular weight excluding hydrogens is 268 g/mol. The second-order valence-electron chi connectivity index (χ2n) is 5.10. The van der Waals surface area contributed by atoms with Gasteiger partial charge in [0, 0.05) is 16.7 Å². The first-order chi connectivity index (χ1) is 10.2. The van der Waals surface area contributed by atoms with Gasteiger partial charge >= 0.3 is 0 Å². The molecule has 5 heteroatoms. The molecule has 0 fully saturated rings. The Balaban J connectivity index is 1.87. The number of hydrogen-bond donors (Lipinski definition) is 1. The Labute approximate surface area is 122 Å². The number of rotatable bonds is 1. The smallest absolute Gasteiger partial charge is 0.256 e. The molecule has 1 unspecified atom stereocenters. The third-order valence-electron chi connectivity index (χ3n) is 3.66. The molecular formula is C16H16N2O3. The normalized spacial score (nSPS) is 21.7. The van der Waals surface area contributed by atoms with E-state index in [4.69, 9.17) is 4.74 Å². The number of dihydropyridines is 1. The van der Waals surface area contributed by atoms with Crippen LogP contribution in [0.3, 0.4) is 0 Å². The fourth-order valence-electron chi connectivity index (χ4n) is 2.53. The highest BCUT2D eigenvalue weighted by Crippen LogP contribution is 2.24. The van der Waals surface area contributed by atoms with Crippen molar-refractivity contribution < 1.29 is 14.3 Å². The standard InChI is InChI=1S/C16H16N2O3/c1-10-14(19)12-7-8-21-9-13(12)15(17-10)18-16(20)11-5-3-2-4-6-11/h2-6,10H,7-9H2,1H3,(H,17,18,20). The Kier molecular flexibility index (Phi) is 3.66.